The van der Waals surface area contributed by atoms with Gasteiger partial charge in [0.25, 0.3) is 5.91 Å². The predicted octanol–water partition coefficient (Wildman–Crippen LogP) is 7.27. The molecule has 0 amide bonds. The molecule has 0 N–H and O–H groups in total. The molecule has 4 rings (SSSR count). The number of rotatable bonds is 5. The molecule has 0 bridgehead atoms. The summed E-state index contributed by atoms with van der Waals surface area (Å²) in [6, 6.07) is 20.7. The molecule has 0 aliphatic heterocycles. The second-order valence-corrected chi connectivity index (χ2v) is 9.58. The van der Waals surface area contributed by atoms with Crippen molar-refractivity contribution in [3.63, 3.8) is 0 Å². The van der Waals surface area contributed by atoms with Gasteiger partial charge in [-0.3, -0.25) is 4.79 Å². The van der Waals surface area contributed by atoms with Crippen molar-refractivity contribution in [2.45, 2.75) is 65.2 Å². The molecule has 31 heavy (non-hydrogen) atoms. The van der Waals surface area contributed by atoms with Gasteiger partial charge in [-0.1, -0.05) is 95.3 Å². The molecular formula is C28H34N2O. The standard InChI is InChI=1S/C28H34N2O/c1-18(2)24-17-16-19(3)25-26(24)29-30(27(25)23-14-10-7-11-15-23)28(31)21(5)20(4)22-12-8-6-9-13-22/h6-15,18-21,24H,16-17H2,1-5H3/t19-,20+,21+,24+/m1/s1. The summed E-state index contributed by atoms with van der Waals surface area (Å²) in [4.78, 5) is 13.9. The number of hydrogen-bond acceptors (Lipinski definition) is 2. The number of carbonyl (C=O) groups is 1. The third kappa shape index (κ3) is 3.98. The van der Waals surface area contributed by atoms with Crippen LogP contribution in [0.5, 0.6) is 0 Å². The van der Waals surface area contributed by atoms with E-state index in [0.717, 1.165) is 29.8 Å². The Bertz CT molecular complexity index is 1040. The molecule has 2 aromatic carbocycles. The van der Waals surface area contributed by atoms with Crippen LogP contribution in [0.4, 0.5) is 0 Å². The Balaban J connectivity index is 1.83. The molecule has 162 valence electrons. The molecule has 0 saturated carbocycles. The van der Waals surface area contributed by atoms with Crippen molar-refractivity contribution >= 4 is 5.91 Å². The van der Waals surface area contributed by atoms with E-state index in [1.165, 1.54) is 11.1 Å². The highest BCUT2D eigenvalue weighted by molar-refractivity contribution is 5.87. The zero-order chi connectivity index (χ0) is 22.1. The molecule has 4 atom stereocenters. The van der Waals surface area contributed by atoms with E-state index in [9.17, 15) is 4.79 Å². The Labute approximate surface area is 186 Å². The number of nitrogens with zero attached hydrogens (tertiary/aromatic N) is 2. The number of benzene rings is 2. The second kappa shape index (κ2) is 8.82. The third-order valence-electron chi connectivity index (χ3n) is 7.23. The van der Waals surface area contributed by atoms with E-state index < -0.39 is 0 Å². The summed E-state index contributed by atoms with van der Waals surface area (Å²) >= 11 is 0. The molecule has 0 unspecified atom stereocenters. The minimum Gasteiger partial charge on any atom is -0.272 e. The zero-order valence-corrected chi connectivity index (χ0v) is 19.4. The Morgan fingerprint density at radius 3 is 2.16 bits per heavy atom. The van der Waals surface area contributed by atoms with Gasteiger partial charge in [-0.2, -0.15) is 9.78 Å². The molecule has 1 aromatic heterocycles. The van der Waals surface area contributed by atoms with Crippen molar-refractivity contribution in [1.29, 1.82) is 0 Å². The van der Waals surface area contributed by atoms with Gasteiger partial charge in [0.1, 0.15) is 0 Å². The lowest BCUT2D eigenvalue weighted by Crippen LogP contribution is -2.25. The van der Waals surface area contributed by atoms with Crippen LogP contribution in [-0.4, -0.2) is 15.7 Å². The van der Waals surface area contributed by atoms with Crippen LogP contribution in [0.15, 0.2) is 60.7 Å². The Hall–Kier alpha value is -2.68. The quantitative estimate of drug-likeness (QED) is 0.440. The van der Waals surface area contributed by atoms with Gasteiger partial charge in [0, 0.05) is 23.0 Å². The molecule has 1 aliphatic rings. The van der Waals surface area contributed by atoms with Gasteiger partial charge in [0.05, 0.1) is 11.4 Å². The maximum Gasteiger partial charge on any atom is 0.250 e. The van der Waals surface area contributed by atoms with Gasteiger partial charge in [-0.15, -0.1) is 0 Å². The summed E-state index contributed by atoms with van der Waals surface area (Å²) in [5, 5.41) is 5.04. The van der Waals surface area contributed by atoms with Crippen LogP contribution in [-0.2, 0) is 0 Å². The smallest absolute Gasteiger partial charge is 0.250 e. The maximum absolute atomic E-state index is 13.9. The molecule has 0 radical (unpaired) electrons. The average molecular weight is 415 g/mol. The first kappa shape index (κ1) is 21.5. The summed E-state index contributed by atoms with van der Waals surface area (Å²) in [6.45, 7) is 11.0. The summed E-state index contributed by atoms with van der Waals surface area (Å²) in [7, 11) is 0. The van der Waals surface area contributed by atoms with Gasteiger partial charge in [-0.05, 0) is 36.2 Å². The SMILES string of the molecule is CC(C)[C@@H]1CC[C@@H](C)c2c1nn(C(=O)[C@@H](C)[C@H](C)c1ccccc1)c2-c1ccccc1. The molecule has 3 aromatic rings. The van der Waals surface area contributed by atoms with E-state index >= 15 is 0 Å². The number of aromatic nitrogens is 2. The van der Waals surface area contributed by atoms with Crippen molar-refractivity contribution < 1.29 is 4.79 Å². The van der Waals surface area contributed by atoms with Gasteiger partial charge in [0.15, 0.2) is 0 Å². The van der Waals surface area contributed by atoms with Gasteiger partial charge in [-0.25, -0.2) is 0 Å². The second-order valence-electron chi connectivity index (χ2n) is 9.58. The van der Waals surface area contributed by atoms with E-state index in [4.69, 9.17) is 5.10 Å². The van der Waals surface area contributed by atoms with Gasteiger partial charge < -0.3 is 0 Å². The summed E-state index contributed by atoms with van der Waals surface area (Å²) in [5.74, 6) is 1.36. The average Bonchev–Trinajstić information content (AvgIpc) is 3.20. The van der Waals surface area contributed by atoms with Crippen LogP contribution < -0.4 is 0 Å². The van der Waals surface area contributed by atoms with Crippen molar-refractivity contribution in [2.24, 2.45) is 11.8 Å². The van der Waals surface area contributed by atoms with Crippen LogP contribution in [0.3, 0.4) is 0 Å². The molecule has 0 saturated heterocycles. The molecule has 0 spiro atoms. The fourth-order valence-electron chi connectivity index (χ4n) is 5.05. The Kier molecular flexibility index (Phi) is 6.13. The monoisotopic (exact) mass is 414 g/mol. The third-order valence-corrected chi connectivity index (χ3v) is 7.23. The van der Waals surface area contributed by atoms with E-state index in [1.807, 2.05) is 43.3 Å². The molecule has 1 aliphatic carbocycles. The molecule has 1 heterocycles. The molecule has 3 nitrogen and oxygen atoms in total. The lowest BCUT2D eigenvalue weighted by atomic mass is 9.75. The summed E-state index contributed by atoms with van der Waals surface area (Å²) in [6.07, 6.45) is 2.28. The maximum atomic E-state index is 13.9. The van der Waals surface area contributed by atoms with Crippen LogP contribution >= 0.6 is 0 Å². The fraction of sp³-hybridized carbons (Fsp3) is 0.429. The van der Waals surface area contributed by atoms with Crippen molar-refractivity contribution in [2.75, 3.05) is 0 Å². The van der Waals surface area contributed by atoms with Crippen LogP contribution in [0.1, 0.15) is 86.8 Å². The lowest BCUT2D eigenvalue weighted by molar-refractivity contribution is 0.0813. The van der Waals surface area contributed by atoms with Crippen molar-refractivity contribution in [3.05, 3.63) is 77.5 Å². The number of carbonyl (C=O) groups excluding carboxylic acids is 1. The first-order chi connectivity index (χ1) is 14.9. The largest absolute Gasteiger partial charge is 0.272 e. The predicted molar refractivity (Wildman–Crippen MR) is 128 cm³/mol. The number of hydrogen-bond donors (Lipinski definition) is 0. The Morgan fingerprint density at radius 1 is 0.935 bits per heavy atom. The van der Waals surface area contributed by atoms with Crippen molar-refractivity contribution in [3.8, 4) is 11.3 Å². The minimum atomic E-state index is -0.168. The highest BCUT2D eigenvalue weighted by atomic mass is 16.2. The van der Waals surface area contributed by atoms with Crippen molar-refractivity contribution in [1.82, 2.24) is 9.78 Å². The summed E-state index contributed by atoms with van der Waals surface area (Å²) < 4.78 is 1.75. The van der Waals surface area contributed by atoms with Crippen LogP contribution in [0.2, 0.25) is 0 Å². The first-order valence-corrected chi connectivity index (χ1v) is 11.7. The number of fused-ring (bicyclic) bond motifs is 1. The first-order valence-electron chi connectivity index (χ1n) is 11.7. The van der Waals surface area contributed by atoms with Crippen LogP contribution in [0.25, 0.3) is 11.3 Å². The highest BCUT2D eigenvalue weighted by Gasteiger charge is 2.36. The molecule has 3 heteroatoms. The van der Waals surface area contributed by atoms with Gasteiger partial charge >= 0.3 is 0 Å². The van der Waals surface area contributed by atoms with Gasteiger partial charge in [0.2, 0.25) is 0 Å². The molecule has 0 fully saturated rings. The van der Waals surface area contributed by atoms with E-state index in [-0.39, 0.29) is 17.7 Å². The van der Waals surface area contributed by atoms with E-state index in [1.54, 1.807) is 4.68 Å². The topological polar surface area (TPSA) is 34.9 Å². The summed E-state index contributed by atoms with van der Waals surface area (Å²) in [5.41, 5.74) is 5.70. The molecular weight excluding hydrogens is 380 g/mol. The van der Waals surface area contributed by atoms with Crippen LogP contribution in [0, 0.1) is 11.8 Å². The highest BCUT2D eigenvalue weighted by Crippen LogP contribution is 2.46. The zero-order valence-electron chi connectivity index (χ0n) is 19.4. The lowest BCUT2D eigenvalue weighted by Gasteiger charge is -2.28. The van der Waals surface area contributed by atoms with E-state index in [2.05, 4.69) is 52.0 Å². The Morgan fingerprint density at radius 2 is 1.55 bits per heavy atom. The fourth-order valence-corrected chi connectivity index (χ4v) is 5.05. The van der Waals surface area contributed by atoms with E-state index in [0.29, 0.717) is 17.8 Å². The normalized spacial score (nSPS) is 20.3. The minimum absolute atomic E-state index is 0.0827.